The van der Waals surface area contributed by atoms with Crippen molar-refractivity contribution >= 4 is 94.1 Å². The highest BCUT2D eigenvalue weighted by atomic mass is 32.1. The minimum Gasteiger partial charge on any atom is -0.319 e. The maximum atomic E-state index is 2.76. The summed E-state index contributed by atoms with van der Waals surface area (Å²) in [6.07, 6.45) is 14.2. The lowest BCUT2D eigenvalue weighted by atomic mass is 9.34. The zero-order valence-electron chi connectivity index (χ0n) is 45.8. The second-order valence-corrected chi connectivity index (χ2v) is 28.0. The second-order valence-electron chi connectivity index (χ2n) is 27.0. The molecule has 0 bridgehead atoms. The van der Waals surface area contributed by atoms with Gasteiger partial charge in [0, 0.05) is 70.7 Å². The molecule has 5 heteroatoms. The van der Waals surface area contributed by atoms with Crippen LogP contribution in [0.1, 0.15) is 150 Å². The Hall–Kier alpha value is -5.78. The average molecular weight is 976 g/mol. The van der Waals surface area contributed by atoms with Crippen molar-refractivity contribution in [1.29, 1.82) is 0 Å². The van der Waals surface area contributed by atoms with Crippen molar-refractivity contribution < 1.29 is 0 Å². The van der Waals surface area contributed by atoms with Gasteiger partial charge in [0.1, 0.15) is 0 Å². The Kier molecular flexibility index (Phi) is 10.2. The lowest BCUT2D eigenvalue weighted by Crippen LogP contribution is -2.63. The molecule has 4 heterocycles. The molecule has 2 aliphatic heterocycles. The molecule has 13 rings (SSSR count). The van der Waals surface area contributed by atoms with Crippen LogP contribution in [-0.4, -0.2) is 11.3 Å². The van der Waals surface area contributed by atoms with Gasteiger partial charge in [-0.1, -0.05) is 182 Å². The SMILES string of the molecule is CC1C2C=C(N3c4ccc(C(C)(C)C)cc4B4c5c3cc(C3CCCCC3)cc5N(c3ccc(C(C)(C)C)cc3)c3c4n(-c4ccc(C(C)(C)C)cc4)c4ccc5c6ccccc6sc5c34)C=C[C@]12C(C)(C)C. The number of anilines is 5. The molecule has 73 heavy (non-hydrogen) atoms. The van der Waals surface area contributed by atoms with E-state index in [1.165, 1.54) is 142 Å². The first-order chi connectivity index (χ1) is 34.6. The maximum absolute atomic E-state index is 2.76. The third-order valence-corrected chi connectivity index (χ3v) is 19.8. The number of rotatable bonds is 4. The zero-order valence-corrected chi connectivity index (χ0v) is 46.6. The highest BCUT2D eigenvalue weighted by molar-refractivity contribution is 7.26. The first kappa shape index (κ1) is 47.0. The van der Waals surface area contributed by atoms with Gasteiger partial charge < -0.3 is 14.4 Å². The number of hydrogen-bond donors (Lipinski definition) is 0. The molecular formula is C68H74BN3S. The van der Waals surface area contributed by atoms with E-state index in [1.54, 1.807) is 0 Å². The molecule has 3 aliphatic carbocycles. The predicted octanol–water partition coefficient (Wildman–Crippen LogP) is 17.4. The summed E-state index contributed by atoms with van der Waals surface area (Å²) in [5.74, 6) is 1.59. The monoisotopic (exact) mass is 976 g/mol. The van der Waals surface area contributed by atoms with E-state index >= 15 is 0 Å². The third kappa shape index (κ3) is 6.95. The third-order valence-electron chi connectivity index (χ3n) is 18.6. The van der Waals surface area contributed by atoms with E-state index in [9.17, 15) is 0 Å². The molecule has 3 nitrogen and oxygen atoms in total. The van der Waals surface area contributed by atoms with Crippen LogP contribution in [0.25, 0.3) is 36.8 Å². The molecule has 8 aromatic rings. The van der Waals surface area contributed by atoms with Crippen LogP contribution in [0.2, 0.25) is 0 Å². The molecule has 3 atom stereocenters. The molecule has 0 saturated heterocycles. The number of benzene rings is 6. The molecule has 5 aliphatic rings. The first-order valence-electron chi connectivity index (χ1n) is 27.7. The lowest BCUT2D eigenvalue weighted by molar-refractivity contribution is 0.241. The molecule has 0 radical (unpaired) electrons. The van der Waals surface area contributed by atoms with E-state index in [1.807, 2.05) is 11.3 Å². The van der Waals surface area contributed by atoms with E-state index in [-0.39, 0.29) is 33.8 Å². The second kappa shape index (κ2) is 15.9. The normalized spacial score (nSPS) is 20.9. The van der Waals surface area contributed by atoms with E-state index in [0.29, 0.717) is 17.8 Å². The van der Waals surface area contributed by atoms with Gasteiger partial charge >= 0.3 is 0 Å². The fourth-order valence-corrected chi connectivity index (χ4v) is 15.7. The number of nitrogens with zero attached hydrogens (tertiary/aromatic N) is 3. The van der Waals surface area contributed by atoms with Gasteiger partial charge in [-0.2, -0.15) is 0 Å². The van der Waals surface area contributed by atoms with Crippen molar-refractivity contribution in [2.24, 2.45) is 22.7 Å². The summed E-state index contributed by atoms with van der Waals surface area (Å²) in [6.45, 7) is 31.0. The standard InChI is InChI=1S/C68H74BN3S/c1-41-52-40-49(35-36-68(41,52)67(11,12)13)70-54-33-27-46(66(8,9)10)39-53(54)69-60-56(70)37-43(42-19-15-14-16-20-42)38-57(60)71(47-28-23-44(24-29-47)64(2,3)4)61-59-55(34-32-51-50-21-17-18-22-58(50)73-62(51)59)72(63(61)69)48-30-25-45(26-31-48)65(5,6)7/h17-18,21-42,52H,14-16,19-20H2,1-13H3/t41?,52?,68-/m0/s1. The minimum atomic E-state index is -0.0557. The molecule has 0 N–H and O–H groups in total. The molecule has 2 aromatic heterocycles. The van der Waals surface area contributed by atoms with Crippen LogP contribution in [0.4, 0.5) is 28.4 Å². The van der Waals surface area contributed by atoms with E-state index in [2.05, 4.69) is 238 Å². The first-order valence-corrected chi connectivity index (χ1v) is 28.5. The van der Waals surface area contributed by atoms with Gasteiger partial charge in [-0.3, -0.25) is 0 Å². The summed E-state index contributed by atoms with van der Waals surface area (Å²) >= 11 is 1.97. The molecule has 2 saturated carbocycles. The van der Waals surface area contributed by atoms with E-state index in [0.717, 1.165) is 0 Å². The summed E-state index contributed by atoms with van der Waals surface area (Å²) in [7, 11) is 0. The number of allylic oxidation sites excluding steroid dienone is 3. The molecular weight excluding hydrogens is 902 g/mol. The topological polar surface area (TPSA) is 11.4 Å². The van der Waals surface area contributed by atoms with Crippen LogP contribution >= 0.6 is 11.3 Å². The van der Waals surface area contributed by atoms with Gasteiger partial charge in [0.15, 0.2) is 0 Å². The Labute approximate surface area is 440 Å². The van der Waals surface area contributed by atoms with Gasteiger partial charge in [-0.05, 0) is 146 Å². The van der Waals surface area contributed by atoms with Crippen molar-refractivity contribution in [3.05, 3.63) is 161 Å². The fourth-order valence-electron chi connectivity index (χ4n) is 14.4. The minimum absolute atomic E-state index is 0.0229. The van der Waals surface area contributed by atoms with Gasteiger partial charge in [-0.15, -0.1) is 11.3 Å². The Morgan fingerprint density at radius 2 is 1.22 bits per heavy atom. The largest absolute Gasteiger partial charge is 0.319 e. The molecule has 370 valence electrons. The molecule has 0 spiro atoms. The van der Waals surface area contributed by atoms with Crippen molar-refractivity contribution in [3.63, 3.8) is 0 Å². The van der Waals surface area contributed by atoms with Gasteiger partial charge in [0.2, 0.25) is 0 Å². The Morgan fingerprint density at radius 1 is 0.603 bits per heavy atom. The van der Waals surface area contributed by atoms with Crippen molar-refractivity contribution in [1.82, 2.24) is 4.57 Å². The van der Waals surface area contributed by atoms with E-state index < -0.39 is 0 Å². The zero-order chi connectivity index (χ0) is 50.9. The highest BCUT2D eigenvalue weighted by Crippen LogP contribution is 2.71. The molecule has 2 unspecified atom stereocenters. The summed E-state index contributed by atoms with van der Waals surface area (Å²) < 4.78 is 5.40. The quantitative estimate of drug-likeness (QED) is 0.163. The Bertz CT molecular complexity index is 3620. The number of aromatic nitrogens is 1. The number of hydrogen-bond acceptors (Lipinski definition) is 3. The van der Waals surface area contributed by atoms with Gasteiger partial charge in [0.05, 0.1) is 11.2 Å². The molecule has 0 amide bonds. The van der Waals surface area contributed by atoms with Crippen LogP contribution < -0.4 is 26.3 Å². The molecule has 2 fully saturated rings. The van der Waals surface area contributed by atoms with E-state index in [4.69, 9.17) is 0 Å². The van der Waals surface area contributed by atoms with Crippen LogP contribution in [-0.2, 0) is 16.2 Å². The summed E-state index contributed by atoms with van der Waals surface area (Å²) in [4.78, 5) is 5.49. The summed E-state index contributed by atoms with van der Waals surface area (Å²) in [5.41, 5.74) is 20.4. The predicted molar refractivity (Wildman–Crippen MR) is 318 cm³/mol. The number of thiophene rings is 1. The van der Waals surface area contributed by atoms with Crippen LogP contribution in [0.3, 0.4) is 0 Å². The van der Waals surface area contributed by atoms with Gasteiger partial charge in [0.25, 0.3) is 6.71 Å². The van der Waals surface area contributed by atoms with Crippen LogP contribution in [0.5, 0.6) is 0 Å². The number of fused-ring (bicyclic) bond motifs is 11. The summed E-state index contributed by atoms with van der Waals surface area (Å²) in [6, 6.07) is 46.2. The van der Waals surface area contributed by atoms with Crippen LogP contribution in [0, 0.1) is 22.7 Å². The smallest absolute Gasteiger partial charge is 0.273 e. The Balaban J connectivity index is 1.20. The highest BCUT2D eigenvalue weighted by Gasteiger charge is 2.66. The summed E-state index contributed by atoms with van der Waals surface area (Å²) in [5, 5.41) is 4.02. The fraction of sp³-hybridized carbons (Fsp3) is 0.382. The van der Waals surface area contributed by atoms with Crippen molar-refractivity contribution in [2.45, 2.75) is 144 Å². The Morgan fingerprint density at radius 3 is 1.85 bits per heavy atom. The maximum Gasteiger partial charge on any atom is 0.273 e. The lowest BCUT2D eigenvalue weighted by Gasteiger charge is -2.45. The van der Waals surface area contributed by atoms with Crippen molar-refractivity contribution in [3.8, 4) is 5.69 Å². The average Bonchev–Trinajstić information content (AvgIpc) is 3.60. The molecule has 6 aromatic carbocycles. The van der Waals surface area contributed by atoms with Gasteiger partial charge in [-0.25, -0.2) is 0 Å². The van der Waals surface area contributed by atoms with Crippen molar-refractivity contribution in [2.75, 3.05) is 9.80 Å². The van der Waals surface area contributed by atoms with Crippen LogP contribution in [0.15, 0.2) is 139 Å².